The van der Waals surface area contributed by atoms with Gasteiger partial charge in [-0.1, -0.05) is 36.7 Å². The van der Waals surface area contributed by atoms with E-state index in [1.54, 1.807) is 6.07 Å². The average molecular weight is 494 g/mol. The monoisotopic (exact) mass is 493 g/mol. The van der Waals surface area contributed by atoms with Gasteiger partial charge in [-0.25, -0.2) is 4.98 Å². The van der Waals surface area contributed by atoms with E-state index in [0.717, 1.165) is 24.3 Å². The summed E-state index contributed by atoms with van der Waals surface area (Å²) in [5.74, 6) is 0.302. The Bertz CT molecular complexity index is 1240. The number of likely N-dealkylation sites (tertiary alicyclic amines) is 1. The molecule has 2 aromatic carbocycles. The maximum Gasteiger partial charge on any atom is 0.256 e. The van der Waals surface area contributed by atoms with E-state index in [1.807, 2.05) is 25.1 Å². The van der Waals surface area contributed by atoms with E-state index in [9.17, 15) is 4.79 Å². The number of hydrogen-bond acceptors (Lipinski definition) is 6. The zero-order valence-electron chi connectivity index (χ0n) is 20.7. The van der Waals surface area contributed by atoms with Crippen molar-refractivity contribution in [2.75, 3.05) is 32.6 Å². The first-order valence-corrected chi connectivity index (χ1v) is 12.3. The molecule has 0 spiro atoms. The van der Waals surface area contributed by atoms with Crippen molar-refractivity contribution in [3.8, 4) is 17.1 Å². The summed E-state index contributed by atoms with van der Waals surface area (Å²) >= 11 is 6.57. The van der Waals surface area contributed by atoms with Gasteiger partial charge in [0.25, 0.3) is 5.91 Å². The van der Waals surface area contributed by atoms with Crippen molar-refractivity contribution in [3.63, 3.8) is 0 Å². The summed E-state index contributed by atoms with van der Waals surface area (Å²) in [6, 6.07) is 11.9. The van der Waals surface area contributed by atoms with Crippen LogP contribution in [0.15, 0.2) is 36.4 Å². The number of methoxy groups -OCH3 is 1. The number of halogens is 1. The van der Waals surface area contributed by atoms with Crippen LogP contribution in [0.2, 0.25) is 5.02 Å². The Hall–Kier alpha value is -3.16. The summed E-state index contributed by atoms with van der Waals surface area (Å²) in [7, 11) is 3.63. The summed E-state index contributed by atoms with van der Waals surface area (Å²) in [6.07, 6.45) is 3.04. The molecule has 4 rings (SSSR count). The second-order valence-electron chi connectivity index (χ2n) is 9.05. The Balaban J connectivity index is 1.73. The molecule has 1 aliphatic heterocycles. The number of aryl methyl sites for hydroxylation is 2. The molecule has 7 nitrogen and oxygen atoms in total. The second kappa shape index (κ2) is 10.6. The Morgan fingerprint density at radius 2 is 1.97 bits per heavy atom. The molecule has 1 fully saturated rings. The maximum absolute atomic E-state index is 12.4. The zero-order chi connectivity index (χ0) is 25.1. The van der Waals surface area contributed by atoms with Gasteiger partial charge in [0, 0.05) is 11.3 Å². The number of aromatic nitrogens is 2. The summed E-state index contributed by atoms with van der Waals surface area (Å²) < 4.78 is 5.45. The van der Waals surface area contributed by atoms with Gasteiger partial charge in [-0.15, -0.1) is 0 Å². The number of nitrogens with zero attached hydrogens (tertiary/aromatic N) is 3. The van der Waals surface area contributed by atoms with E-state index < -0.39 is 5.91 Å². The topological polar surface area (TPSA) is 93.4 Å². The Labute approximate surface area is 211 Å². The van der Waals surface area contributed by atoms with Gasteiger partial charge in [-0.05, 0) is 87.1 Å². The molecule has 3 aromatic rings. The number of carbonyl (C=O) groups is 1. The minimum Gasteiger partial charge on any atom is -0.480 e. The minimum absolute atomic E-state index is 0.103. The fraction of sp³-hybridized carbons (Fsp3) is 0.370. The highest BCUT2D eigenvalue weighted by Gasteiger charge is 2.25. The fourth-order valence-electron chi connectivity index (χ4n) is 4.84. The first-order chi connectivity index (χ1) is 16.8. The van der Waals surface area contributed by atoms with Crippen molar-refractivity contribution in [3.05, 3.63) is 63.7 Å². The van der Waals surface area contributed by atoms with Crippen LogP contribution in [-0.2, 0) is 6.42 Å². The molecule has 184 valence electrons. The number of rotatable bonds is 7. The lowest BCUT2D eigenvalue weighted by Gasteiger charge is -2.30. The molecular formula is C27H32ClN5O2. The van der Waals surface area contributed by atoms with Crippen LogP contribution in [0.25, 0.3) is 11.3 Å². The van der Waals surface area contributed by atoms with Crippen molar-refractivity contribution in [1.82, 2.24) is 14.9 Å². The molecule has 2 heterocycles. The molecule has 0 radical (unpaired) electrons. The third-order valence-corrected chi connectivity index (χ3v) is 7.03. The van der Waals surface area contributed by atoms with Crippen LogP contribution in [0.4, 0.5) is 11.6 Å². The highest BCUT2D eigenvalue weighted by Crippen LogP contribution is 2.37. The Morgan fingerprint density at radius 3 is 2.60 bits per heavy atom. The predicted octanol–water partition coefficient (Wildman–Crippen LogP) is 5.33. The van der Waals surface area contributed by atoms with Gasteiger partial charge in [0.15, 0.2) is 0 Å². The average Bonchev–Trinajstić information content (AvgIpc) is 2.84. The zero-order valence-corrected chi connectivity index (χ0v) is 21.4. The number of benzene rings is 2. The molecule has 3 N–H and O–H groups in total. The summed E-state index contributed by atoms with van der Waals surface area (Å²) in [5.41, 5.74) is 11.3. The summed E-state index contributed by atoms with van der Waals surface area (Å²) in [5, 5.41) is 3.77. The SMILES string of the molecule is CCc1cccc(Cl)c1-c1nc(Nc2ccc(C3CCN(C)CC3)c(C)c2)nc(OC)c1C(N)=O. The van der Waals surface area contributed by atoms with Crippen LogP contribution in [0.5, 0.6) is 5.88 Å². The van der Waals surface area contributed by atoms with E-state index in [-0.39, 0.29) is 11.4 Å². The largest absolute Gasteiger partial charge is 0.480 e. The molecule has 0 saturated carbocycles. The van der Waals surface area contributed by atoms with Gasteiger partial charge in [-0.3, -0.25) is 4.79 Å². The lowest BCUT2D eigenvalue weighted by molar-refractivity contribution is 0.0997. The maximum atomic E-state index is 12.4. The van der Waals surface area contributed by atoms with Crippen LogP contribution >= 0.6 is 11.6 Å². The standard InChI is InChI=1S/C27H32ClN5O2/c1-5-17-7-6-8-21(28)22(17)24-23(25(29)34)26(35-4)32-27(31-24)30-19-9-10-20(16(2)15-19)18-11-13-33(3)14-12-18/h6-10,15,18H,5,11-14H2,1-4H3,(H2,29,34)(H,30,31,32). The lowest BCUT2D eigenvalue weighted by atomic mass is 9.87. The smallest absolute Gasteiger partial charge is 0.256 e. The molecule has 0 atom stereocenters. The van der Waals surface area contributed by atoms with Gasteiger partial charge >= 0.3 is 0 Å². The van der Waals surface area contributed by atoms with Crippen LogP contribution in [-0.4, -0.2) is 48.0 Å². The molecule has 8 heteroatoms. The third-order valence-electron chi connectivity index (χ3n) is 6.72. The predicted molar refractivity (Wildman–Crippen MR) is 141 cm³/mol. The van der Waals surface area contributed by atoms with Gasteiger partial charge < -0.3 is 20.7 Å². The van der Waals surface area contributed by atoms with Gasteiger partial charge in [-0.2, -0.15) is 4.98 Å². The van der Waals surface area contributed by atoms with Crippen molar-refractivity contribution in [1.29, 1.82) is 0 Å². The minimum atomic E-state index is -0.677. The lowest BCUT2D eigenvalue weighted by Crippen LogP contribution is -2.29. The van der Waals surface area contributed by atoms with Gasteiger partial charge in [0.1, 0.15) is 5.56 Å². The number of amides is 1. The van der Waals surface area contributed by atoms with Gasteiger partial charge in [0.05, 0.1) is 17.8 Å². The molecule has 35 heavy (non-hydrogen) atoms. The quantitative estimate of drug-likeness (QED) is 0.462. The number of anilines is 2. The van der Waals surface area contributed by atoms with E-state index in [0.29, 0.717) is 34.6 Å². The van der Waals surface area contributed by atoms with Crippen LogP contribution in [0, 0.1) is 6.92 Å². The van der Waals surface area contributed by atoms with E-state index in [4.69, 9.17) is 27.1 Å². The third kappa shape index (κ3) is 5.26. The Kier molecular flexibility index (Phi) is 7.57. The number of piperidine rings is 1. The molecule has 1 aliphatic rings. The molecule has 1 saturated heterocycles. The highest BCUT2D eigenvalue weighted by molar-refractivity contribution is 6.33. The molecule has 1 amide bonds. The second-order valence-corrected chi connectivity index (χ2v) is 9.45. The first kappa shape index (κ1) is 24.9. The van der Waals surface area contributed by atoms with E-state index in [1.165, 1.54) is 31.1 Å². The van der Waals surface area contributed by atoms with E-state index in [2.05, 4.69) is 41.3 Å². The van der Waals surface area contributed by atoms with Crippen LogP contribution in [0.1, 0.15) is 52.7 Å². The molecule has 1 aromatic heterocycles. The number of primary amides is 1. The number of carbonyl (C=O) groups excluding carboxylic acids is 1. The van der Waals surface area contributed by atoms with Gasteiger partial charge in [0.2, 0.25) is 11.8 Å². The number of nitrogens with two attached hydrogens (primary N) is 1. The number of nitrogens with one attached hydrogen (secondary N) is 1. The van der Waals surface area contributed by atoms with Crippen molar-refractivity contribution >= 4 is 29.1 Å². The van der Waals surface area contributed by atoms with Crippen molar-refractivity contribution < 1.29 is 9.53 Å². The Morgan fingerprint density at radius 1 is 1.23 bits per heavy atom. The molecule has 0 aliphatic carbocycles. The normalized spacial score (nSPS) is 14.7. The number of hydrogen-bond donors (Lipinski definition) is 2. The van der Waals surface area contributed by atoms with Crippen molar-refractivity contribution in [2.24, 2.45) is 5.73 Å². The fourth-order valence-corrected chi connectivity index (χ4v) is 5.12. The number of ether oxygens (including phenoxy) is 1. The summed E-state index contributed by atoms with van der Waals surface area (Å²) in [4.78, 5) is 23.9. The van der Waals surface area contributed by atoms with Crippen LogP contribution in [0.3, 0.4) is 0 Å². The molecule has 0 bridgehead atoms. The summed E-state index contributed by atoms with van der Waals surface area (Å²) in [6.45, 7) is 6.40. The van der Waals surface area contributed by atoms with Crippen molar-refractivity contribution in [2.45, 2.75) is 39.0 Å². The molecular weight excluding hydrogens is 462 g/mol. The first-order valence-electron chi connectivity index (χ1n) is 11.9. The van der Waals surface area contributed by atoms with Crippen LogP contribution < -0.4 is 15.8 Å². The molecule has 0 unspecified atom stereocenters. The highest BCUT2D eigenvalue weighted by atomic mass is 35.5. The van der Waals surface area contributed by atoms with E-state index >= 15 is 0 Å².